The van der Waals surface area contributed by atoms with E-state index in [4.69, 9.17) is 5.73 Å². The van der Waals surface area contributed by atoms with Gasteiger partial charge in [0.25, 0.3) is 0 Å². The van der Waals surface area contributed by atoms with Gasteiger partial charge in [-0.15, -0.1) is 0 Å². The lowest BCUT2D eigenvalue weighted by Crippen LogP contribution is -2.15. The van der Waals surface area contributed by atoms with Crippen LogP contribution in [0.4, 0.5) is 0 Å². The van der Waals surface area contributed by atoms with Crippen molar-refractivity contribution >= 4 is 26.8 Å². The quantitative estimate of drug-likeness (QED) is 0.880. The van der Waals surface area contributed by atoms with Crippen molar-refractivity contribution in [1.29, 1.82) is 0 Å². The Bertz CT molecular complexity index is 460. The molecule has 2 nitrogen and oxygen atoms in total. The highest BCUT2D eigenvalue weighted by molar-refractivity contribution is 9.10. The molecule has 0 saturated carbocycles. The van der Waals surface area contributed by atoms with Gasteiger partial charge in [0, 0.05) is 27.1 Å². The van der Waals surface area contributed by atoms with Crippen molar-refractivity contribution in [2.24, 2.45) is 5.73 Å². The number of halogens is 1. The van der Waals surface area contributed by atoms with Crippen LogP contribution in [0.25, 0.3) is 10.9 Å². The highest BCUT2D eigenvalue weighted by Crippen LogP contribution is 2.21. The van der Waals surface area contributed by atoms with Gasteiger partial charge >= 0.3 is 0 Å². The summed E-state index contributed by atoms with van der Waals surface area (Å²) in [7, 11) is 0. The van der Waals surface area contributed by atoms with Crippen LogP contribution < -0.4 is 5.73 Å². The van der Waals surface area contributed by atoms with Crippen molar-refractivity contribution in [2.45, 2.75) is 25.8 Å². The Morgan fingerprint density at radius 1 is 1.40 bits per heavy atom. The van der Waals surface area contributed by atoms with E-state index in [0.29, 0.717) is 0 Å². The number of fused-ring (bicyclic) bond motifs is 1. The normalized spacial score (nSPS) is 13.3. The molecule has 3 N–H and O–H groups in total. The third kappa shape index (κ3) is 2.61. The van der Waals surface area contributed by atoms with Crippen LogP contribution in [-0.4, -0.2) is 11.0 Å². The van der Waals surface area contributed by atoms with Gasteiger partial charge in [0.2, 0.25) is 0 Å². The molecule has 0 fully saturated rings. The summed E-state index contributed by atoms with van der Waals surface area (Å²) < 4.78 is 1.12. The van der Waals surface area contributed by atoms with Gasteiger partial charge in [-0.3, -0.25) is 0 Å². The molecule has 0 aliphatic rings. The van der Waals surface area contributed by atoms with Crippen LogP contribution in [-0.2, 0) is 6.42 Å². The Labute approximate surface area is 98.0 Å². The summed E-state index contributed by atoms with van der Waals surface area (Å²) in [5.41, 5.74) is 8.19. The molecule has 0 unspecified atom stereocenters. The molecule has 15 heavy (non-hydrogen) atoms. The van der Waals surface area contributed by atoms with E-state index in [9.17, 15) is 0 Å². The zero-order chi connectivity index (χ0) is 10.8. The van der Waals surface area contributed by atoms with Crippen molar-refractivity contribution in [3.8, 4) is 0 Å². The van der Waals surface area contributed by atoms with E-state index in [0.717, 1.165) is 17.3 Å². The molecule has 0 bridgehead atoms. The third-order valence-corrected chi connectivity index (χ3v) is 3.00. The van der Waals surface area contributed by atoms with E-state index in [1.807, 2.05) is 13.0 Å². The smallest absolute Gasteiger partial charge is 0.0456 e. The van der Waals surface area contributed by atoms with Crippen molar-refractivity contribution < 1.29 is 0 Å². The van der Waals surface area contributed by atoms with Gasteiger partial charge in [-0.05, 0) is 44.0 Å². The number of nitrogens with one attached hydrogen (secondary N) is 1. The molecular weight excluding hydrogens is 252 g/mol. The number of aryl methyl sites for hydroxylation is 1. The highest BCUT2D eigenvalue weighted by atomic mass is 79.9. The van der Waals surface area contributed by atoms with E-state index in [1.54, 1.807) is 0 Å². The zero-order valence-electron chi connectivity index (χ0n) is 8.76. The largest absolute Gasteiger partial charge is 0.358 e. The Morgan fingerprint density at radius 2 is 2.20 bits per heavy atom. The molecule has 0 amide bonds. The molecule has 1 aromatic heterocycles. The van der Waals surface area contributed by atoms with Crippen LogP contribution in [0.15, 0.2) is 28.7 Å². The van der Waals surface area contributed by atoms with Crippen molar-refractivity contribution in [1.82, 2.24) is 4.98 Å². The van der Waals surface area contributed by atoms with E-state index in [1.165, 1.54) is 16.6 Å². The van der Waals surface area contributed by atoms with Crippen LogP contribution in [0.2, 0.25) is 0 Å². The molecule has 2 rings (SSSR count). The first-order valence-corrected chi connectivity index (χ1v) is 5.97. The lowest BCUT2D eigenvalue weighted by Gasteiger charge is -2.01. The van der Waals surface area contributed by atoms with Crippen LogP contribution in [0.5, 0.6) is 0 Å². The molecule has 0 spiro atoms. The Hall–Kier alpha value is -0.800. The van der Waals surface area contributed by atoms with Gasteiger partial charge in [-0.1, -0.05) is 15.9 Å². The average Bonchev–Trinajstić information content (AvgIpc) is 2.56. The minimum Gasteiger partial charge on any atom is -0.358 e. The molecule has 1 aromatic carbocycles. The van der Waals surface area contributed by atoms with Crippen molar-refractivity contribution in [3.63, 3.8) is 0 Å². The highest BCUT2D eigenvalue weighted by Gasteiger charge is 2.02. The van der Waals surface area contributed by atoms with Gasteiger partial charge in [0.05, 0.1) is 0 Å². The summed E-state index contributed by atoms with van der Waals surface area (Å²) in [5.74, 6) is 0. The maximum absolute atomic E-state index is 5.74. The second-order valence-corrected chi connectivity index (χ2v) is 4.96. The standard InChI is InChI=1S/C12H15BrN2/c1-8(14)2-4-11-7-9-6-10(13)3-5-12(9)15-11/h3,5-8,15H,2,4,14H2,1H3/t8-/m0/s1. The molecule has 1 atom stereocenters. The van der Waals surface area contributed by atoms with Crippen molar-refractivity contribution in [3.05, 3.63) is 34.4 Å². The molecule has 80 valence electrons. The maximum Gasteiger partial charge on any atom is 0.0456 e. The molecule has 2 aromatic rings. The predicted octanol–water partition coefficient (Wildman–Crippen LogP) is 3.21. The molecule has 0 saturated heterocycles. The van der Waals surface area contributed by atoms with E-state index >= 15 is 0 Å². The van der Waals surface area contributed by atoms with Crippen LogP contribution >= 0.6 is 15.9 Å². The summed E-state index contributed by atoms with van der Waals surface area (Å²) in [6.45, 7) is 2.04. The fraction of sp³-hybridized carbons (Fsp3) is 0.333. The summed E-state index contributed by atoms with van der Waals surface area (Å²) in [6, 6.07) is 8.73. The first kappa shape index (κ1) is 10.7. The fourth-order valence-corrected chi connectivity index (χ4v) is 2.06. The van der Waals surface area contributed by atoms with Gasteiger partial charge in [0.15, 0.2) is 0 Å². The molecular formula is C12H15BrN2. The molecule has 3 heteroatoms. The predicted molar refractivity (Wildman–Crippen MR) is 68.0 cm³/mol. The minimum absolute atomic E-state index is 0.267. The Kier molecular flexibility index (Phi) is 3.12. The average molecular weight is 267 g/mol. The second-order valence-electron chi connectivity index (χ2n) is 4.04. The lowest BCUT2D eigenvalue weighted by atomic mass is 10.1. The van der Waals surface area contributed by atoms with Crippen LogP contribution in [0.3, 0.4) is 0 Å². The topological polar surface area (TPSA) is 41.8 Å². The lowest BCUT2D eigenvalue weighted by molar-refractivity contribution is 0.660. The molecule has 1 heterocycles. The van der Waals surface area contributed by atoms with E-state index in [-0.39, 0.29) is 6.04 Å². The minimum atomic E-state index is 0.267. The first-order chi connectivity index (χ1) is 7.15. The summed E-state index contributed by atoms with van der Waals surface area (Å²) in [4.78, 5) is 3.40. The van der Waals surface area contributed by atoms with E-state index < -0.39 is 0 Å². The summed E-state index contributed by atoms with van der Waals surface area (Å²) in [6.07, 6.45) is 2.04. The Balaban J connectivity index is 2.23. The summed E-state index contributed by atoms with van der Waals surface area (Å²) >= 11 is 3.47. The first-order valence-electron chi connectivity index (χ1n) is 5.18. The second kappa shape index (κ2) is 4.37. The summed E-state index contributed by atoms with van der Waals surface area (Å²) in [5, 5.41) is 1.25. The molecule has 0 aliphatic carbocycles. The number of nitrogens with two attached hydrogens (primary N) is 1. The number of benzene rings is 1. The number of rotatable bonds is 3. The monoisotopic (exact) mass is 266 g/mol. The number of aromatic amines is 1. The molecule has 0 radical (unpaired) electrons. The van der Waals surface area contributed by atoms with Gasteiger partial charge in [-0.25, -0.2) is 0 Å². The van der Waals surface area contributed by atoms with Gasteiger partial charge in [0.1, 0.15) is 0 Å². The zero-order valence-corrected chi connectivity index (χ0v) is 10.3. The van der Waals surface area contributed by atoms with Gasteiger partial charge < -0.3 is 10.7 Å². The number of hydrogen-bond donors (Lipinski definition) is 2. The van der Waals surface area contributed by atoms with Crippen LogP contribution in [0, 0.1) is 0 Å². The molecule has 0 aliphatic heterocycles. The third-order valence-electron chi connectivity index (χ3n) is 2.51. The number of hydrogen-bond acceptors (Lipinski definition) is 1. The van der Waals surface area contributed by atoms with Crippen LogP contribution in [0.1, 0.15) is 19.0 Å². The SMILES string of the molecule is C[C@H](N)CCc1cc2cc(Br)ccc2[nH]1. The Morgan fingerprint density at radius 3 is 2.93 bits per heavy atom. The number of H-pyrrole nitrogens is 1. The van der Waals surface area contributed by atoms with E-state index in [2.05, 4.69) is 39.1 Å². The number of aromatic nitrogens is 1. The maximum atomic E-state index is 5.74. The van der Waals surface area contributed by atoms with Crippen molar-refractivity contribution in [2.75, 3.05) is 0 Å². The fourth-order valence-electron chi connectivity index (χ4n) is 1.68. The van der Waals surface area contributed by atoms with Gasteiger partial charge in [-0.2, -0.15) is 0 Å².